The lowest BCUT2D eigenvalue weighted by molar-refractivity contribution is -0.118. The number of aryl methyl sites for hydroxylation is 3. The number of halogens is 2. The first-order chi connectivity index (χ1) is 12.3. The van der Waals surface area contributed by atoms with E-state index in [1.54, 1.807) is 12.1 Å². The van der Waals surface area contributed by atoms with Gasteiger partial charge in [0, 0.05) is 36.2 Å². The Kier molecular flexibility index (Phi) is 7.18. The zero-order chi connectivity index (χ0) is 19.3. The number of ketones is 1. The Hall–Kier alpha value is -1.91. The predicted octanol–water partition coefficient (Wildman–Crippen LogP) is 5.26. The minimum Gasteiger partial charge on any atom is -0.399 e. The second-order valence-corrected chi connectivity index (χ2v) is 7.02. The molecule has 0 radical (unpaired) electrons. The molecule has 0 spiro atoms. The molecule has 0 bridgehead atoms. The Morgan fingerprint density at radius 1 is 1.12 bits per heavy atom. The van der Waals surface area contributed by atoms with Gasteiger partial charge in [-0.05, 0) is 50.1 Å². The van der Waals surface area contributed by atoms with Gasteiger partial charge in [0.15, 0.2) is 0 Å². The normalized spacial score (nSPS) is 11.5. The van der Waals surface area contributed by atoms with E-state index < -0.39 is 0 Å². The number of oxime groups is 1. The molecule has 4 nitrogen and oxygen atoms in total. The fourth-order valence-corrected chi connectivity index (χ4v) is 3.19. The van der Waals surface area contributed by atoms with Crippen molar-refractivity contribution in [1.29, 1.82) is 0 Å². The molecule has 0 atom stereocenters. The summed E-state index contributed by atoms with van der Waals surface area (Å²) in [5.74, 6) is 0.130. The van der Waals surface area contributed by atoms with Gasteiger partial charge in [0.05, 0.1) is 15.8 Å². The van der Waals surface area contributed by atoms with E-state index in [1.165, 1.54) is 7.11 Å². The molecular formula is C20H22Cl2N2O2. The summed E-state index contributed by atoms with van der Waals surface area (Å²) in [6.07, 6.45) is 1.18. The highest BCUT2D eigenvalue weighted by atomic mass is 35.5. The second kappa shape index (κ2) is 9.15. The van der Waals surface area contributed by atoms with Crippen LogP contribution in [0.1, 0.15) is 40.9 Å². The molecule has 0 aliphatic heterocycles. The van der Waals surface area contributed by atoms with Crippen LogP contribution in [0, 0.1) is 20.8 Å². The van der Waals surface area contributed by atoms with E-state index >= 15 is 0 Å². The van der Waals surface area contributed by atoms with Crippen LogP contribution in [0.15, 0.2) is 29.4 Å². The van der Waals surface area contributed by atoms with Crippen LogP contribution in [-0.2, 0) is 16.1 Å². The Bertz CT molecular complexity index is 825. The highest BCUT2D eigenvalue weighted by Crippen LogP contribution is 2.24. The second-order valence-electron chi connectivity index (χ2n) is 6.21. The molecule has 0 saturated heterocycles. The quantitative estimate of drug-likeness (QED) is 0.477. The van der Waals surface area contributed by atoms with Crippen molar-refractivity contribution in [2.75, 3.05) is 7.11 Å². The summed E-state index contributed by atoms with van der Waals surface area (Å²) in [4.78, 5) is 21.9. The third-order valence-corrected chi connectivity index (χ3v) is 4.89. The van der Waals surface area contributed by atoms with Crippen LogP contribution in [0.5, 0.6) is 0 Å². The van der Waals surface area contributed by atoms with Gasteiger partial charge in [-0.1, -0.05) is 34.4 Å². The molecule has 0 amide bonds. The average molecular weight is 393 g/mol. The summed E-state index contributed by atoms with van der Waals surface area (Å²) >= 11 is 12.0. The van der Waals surface area contributed by atoms with Crippen LogP contribution in [0.2, 0.25) is 10.0 Å². The first-order valence-electron chi connectivity index (χ1n) is 8.32. The lowest BCUT2D eigenvalue weighted by Gasteiger charge is -2.11. The average Bonchev–Trinajstić information content (AvgIpc) is 2.57. The number of benzene rings is 1. The van der Waals surface area contributed by atoms with Crippen molar-refractivity contribution in [3.8, 4) is 0 Å². The minimum atomic E-state index is 0.130. The number of Topliss-reactive ketones (excluding diaryl/α,β-unsaturated/α-hetero) is 1. The van der Waals surface area contributed by atoms with Gasteiger partial charge in [-0.2, -0.15) is 0 Å². The lowest BCUT2D eigenvalue weighted by atomic mass is 9.97. The topological polar surface area (TPSA) is 51.5 Å². The molecular weight excluding hydrogens is 371 g/mol. The molecule has 0 fully saturated rings. The molecule has 138 valence electrons. The highest BCUT2D eigenvalue weighted by Gasteiger charge is 2.14. The summed E-state index contributed by atoms with van der Waals surface area (Å²) in [6, 6.07) is 7.25. The first kappa shape index (κ1) is 20.4. The van der Waals surface area contributed by atoms with Crippen LogP contribution in [0.3, 0.4) is 0 Å². The maximum atomic E-state index is 12.5. The van der Waals surface area contributed by atoms with Gasteiger partial charge in [-0.15, -0.1) is 0 Å². The molecule has 26 heavy (non-hydrogen) atoms. The van der Waals surface area contributed by atoms with E-state index in [4.69, 9.17) is 28.0 Å². The number of nitrogens with zero attached hydrogens (tertiary/aromatic N) is 2. The van der Waals surface area contributed by atoms with Crippen LogP contribution in [0.4, 0.5) is 0 Å². The zero-order valence-electron chi connectivity index (χ0n) is 15.4. The van der Waals surface area contributed by atoms with Crippen molar-refractivity contribution in [2.24, 2.45) is 5.16 Å². The number of hydrogen-bond donors (Lipinski definition) is 0. The van der Waals surface area contributed by atoms with Crippen LogP contribution < -0.4 is 0 Å². The number of carbonyl (C=O) groups excluding carboxylic acids is 1. The van der Waals surface area contributed by atoms with Gasteiger partial charge in [0.25, 0.3) is 0 Å². The number of aromatic nitrogens is 1. The number of carbonyl (C=O) groups is 1. The lowest BCUT2D eigenvalue weighted by Crippen LogP contribution is -2.11. The first-order valence-corrected chi connectivity index (χ1v) is 9.08. The van der Waals surface area contributed by atoms with Gasteiger partial charge >= 0.3 is 0 Å². The van der Waals surface area contributed by atoms with Crippen molar-refractivity contribution in [3.05, 3.63) is 62.4 Å². The Balaban J connectivity index is 2.08. The zero-order valence-corrected chi connectivity index (χ0v) is 16.9. The fraction of sp³-hybridized carbons (Fsp3) is 0.350. The van der Waals surface area contributed by atoms with Crippen LogP contribution in [0.25, 0.3) is 0 Å². The third kappa shape index (κ3) is 5.29. The van der Waals surface area contributed by atoms with Gasteiger partial charge in [0.2, 0.25) is 0 Å². The van der Waals surface area contributed by atoms with E-state index in [0.29, 0.717) is 35.0 Å². The molecule has 0 N–H and O–H groups in total. The smallest absolute Gasteiger partial charge is 0.137 e. The molecule has 6 heteroatoms. The monoisotopic (exact) mass is 392 g/mol. The maximum Gasteiger partial charge on any atom is 0.137 e. The van der Waals surface area contributed by atoms with Gasteiger partial charge < -0.3 is 4.84 Å². The van der Waals surface area contributed by atoms with Crippen LogP contribution in [-0.4, -0.2) is 23.6 Å². The summed E-state index contributed by atoms with van der Waals surface area (Å²) in [5, 5.41) is 4.96. The third-order valence-electron chi connectivity index (χ3n) is 4.15. The number of pyridine rings is 1. The molecule has 1 aromatic carbocycles. The summed E-state index contributed by atoms with van der Waals surface area (Å²) in [7, 11) is 1.48. The molecule has 2 aromatic rings. The molecule has 1 heterocycles. The van der Waals surface area contributed by atoms with E-state index in [-0.39, 0.29) is 5.78 Å². The van der Waals surface area contributed by atoms with E-state index in [1.807, 2.05) is 32.9 Å². The molecule has 0 aliphatic carbocycles. The largest absolute Gasteiger partial charge is 0.399 e. The Labute approximate surface area is 164 Å². The SMILES string of the molecule is CO/N=C(\CCC(=O)Cc1c(C)cc(C)nc1C)c1ccc(Cl)c(Cl)c1. The number of hydrogen-bond acceptors (Lipinski definition) is 4. The van der Waals surface area contributed by atoms with Crippen molar-refractivity contribution in [3.63, 3.8) is 0 Å². The predicted molar refractivity (Wildman–Crippen MR) is 106 cm³/mol. The highest BCUT2D eigenvalue weighted by molar-refractivity contribution is 6.42. The number of rotatable bonds is 7. The molecule has 0 saturated carbocycles. The van der Waals surface area contributed by atoms with Gasteiger partial charge in [0.1, 0.15) is 12.9 Å². The van der Waals surface area contributed by atoms with Crippen LogP contribution >= 0.6 is 23.2 Å². The summed E-state index contributed by atoms with van der Waals surface area (Å²) in [5.41, 5.74) is 5.42. The fourth-order valence-electron chi connectivity index (χ4n) is 2.89. The molecule has 2 rings (SSSR count). The Morgan fingerprint density at radius 2 is 1.85 bits per heavy atom. The Morgan fingerprint density at radius 3 is 2.46 bits per heavy atom. The van der Waals surface area contributed by atoms with E-state index in [9.17, 15) is 4.79 Å². The van der Waals surface area contributed by atoms with Crippen molar-refractivity contribution >= 4 is 34.7 Å². The van der Waals surface area contributed by atoms with Gasteiger partial charge in [-0.25, -0.2) is 0 Å². The molecule has 0 aliphatic rings. The standard InChI is InChI=1S/C20H22Cl2N2O2/c1-12-9-13(2)23-14(3)17(12)11-16(25)6-8-20(24-26-4)15-5-7-18(21)19(22)10-15/h5,7,9-10H,6,8,11H2,1-4H3/b24-20+. The van der Waals surface area contributed by atoms with E-state index in [0.717, 1.165) is 28.1 Å². The summed E-state index contributed by atoms with van der Waals surface area (Å²) in [6.45, 7) is 5.91. The molecule has 0 unspecified atom stereocenters. The van der Waals surface area contributed by atoms with E-state index in [2.05, 4.69) is 10.1 Å². The van der Waals surface area contributed by atoms with Gasteiger partial charge in [-0.3, -0.25) is 9.78 Å². The van der Waals surface area contributed by atoms with Crippen molar-refractivity contribution in [1.82, 2.24) is 4.98 Å². The van der Waals surface area contributed by atoms with Crippen molar-refractivity contribution < 1.29 is 9.63 Å². The van der Waals surface area contributed by atoms with Crippen molar-refractivity contribution in [2.45, 2.75) is 40.0 Å². The summed E-state index contributed by atoms with van der Waals surface area (Å²) < 4.78 is 0. The maximum absolute atomic E-state index is 12.5. The molecule has 1 aromatic heterocycles. The minimum absolute atomic E-state index is 0.130.